The second-order valence-electron chi connectivity index (χ2n) is 7.53. The van der Waals surface area contributed by atoms with Crippen LogP contribution in [0.25, 0.3) is 16.7 Å². The van der Waals surface area contributed by atoms with Crippen molar-refractivity contribution >= 4 is 28.4 Å². The van der Waals surface area contributed by atoms with Crippen LogP contribution in [0.3, 0.4) is 0 Å². The summed E-state index contributed by atoms with van der Waals surface area (Å²) in [6.45, 7) is 3.31. The number of hydrogen-bond acceptors (Lipinski definition) is 6. The highest BCUT2D eigenvalue weighted by molar-refractivity contribution is 6.04. The Labute approximate surface area is 181 Å². The summed E-state index contributed by atoms with van der Waals surface area (Å²) in [5.74, 6) is -0.551. The Kier molecular flexibility index (Phi) is 5.41. The van der Waals surface area contributed by atoms with Gasteiger partial charge in [-0.2, -0.15) is 9.61 Å². The Morgan fingerprint density at radius 3 is 2.56 bits per heavy atom. The summed E-state index contributed by atoms with van der Waals surface area (Å²) in [6, 6.07) is 4.77. The van der Waals surface area contributed by atoms with Gasteiger partial charge >= 0.3 is 0 Å². The number of hydrogen-bond donors (Lipinski definition) is 1. The summed E-state index contributed by atoms with van der Waals surface area (Å²) in [4.78, 5) is 27.2. The van der Waals surface area contributed by atoms with Gasteiger partial charge in [-0.15, -0.1) is 0 Å². The smallest absolute Gasteiger partial charge is 0.266 e. The molecule has 1 N–H and O–H groups in total. The van der Waals surface area contributed by atoms with Gasteiger partial charge in [0.05, 0.1) is 22.6 Å². The number of aromatic nitrogens is 5. The van der Waals surface area contributed by atoms with Crippen molar-refractivity contribution in [1.82, 2.24) is 29.5 Å². The van der Waals surface area contributed by atoms with Gasteiger partial charge in [0.25, 0.3) is 12.3 Å². The lowest BCUT2D eigenvalue weighted by Crippen LogP contribution is -2.23. The summed E-state index contributed by atoms with van der Waals surface area (Å²) in [6.07, 6.45) is -1.61. The van der Waals surface area contributed by atoms with Gasteiger partial charge in [0, 0.05) is 19.7 Å². The van der Waals surface area contributed by atoms with Crippen molar-refractivity contribution in [2.45, 2.75) is 26.3 Å². The third-order valence-corrected chi connectivity index (χ3v) is 5.07. The lowest BCUT2D eigenvalue weighted by Gasteiger charge is -2.19. The van der Waals surface area contributed by atoms with E-state index < -0.39 is 23.8 Å². The van der Waals surface area contributed by atoms with Gasteiger partial charge in [0.1, 0.15) is 23.8 Å². The lowest BCUT2D eigenvalue weighted by atomic mass is 10.0. The molecule has 0 saturated heterocycles. The van der Waals surface area contributed by atoms with Crippen LogP contribution in [-0.2, 0) is 0 Å². The third kappa shape index (κ3) is 3.59. The predicted molar refractivity (Wildman–Crippen MR) is 112 cm³/mol. The van der Waals surface area contributed by atoms with Crippen molar-refractivity contribution in [1.29, 1.82) is 0 Å². The molecule has 166 valence electrons. The fourth-order valence-electron chi connectivity index (χ4n) is 3.51. The van der Waals surface area contributed by atoms with Gasteiger partial charge in [-0.3, -0.25) is 4.79 Å². The maximum Gasteiger partial charge on any atom is 0.266 e. The molecule has 4 rings (SSSR count). The molecule has 8 nitrogen and oxygen atoms in total. The van der Waals surface area contributed by atoms with Gasteiger partial charge in [-0.25, -0.2) is 28.1 Å². The highest BCUT2D eigenvalue weighted by Gasteiger charge is 2.23. The molecule has 0 bridgehead atoms. The third-order valence-electron chi connectivity index (χ3n) is 5.07. The van der Waals surface area contributed by atoms with E-state index in [9.17, 15) is 18.0 Å². The quantitative estimate of drug-likeness (QED) is 0.503. The van der Waals surface area contributed by atoms with E-state index in [2.05, 4.69) is 25.4 Å². The van der Waals surface area contributed by atoms with E-state index in [1.807, 2.05) is 0 Å². The van der Waals surface area contributed by atoms with Crippen LogP contribution < -0.4 is 5.32 Å². The molecule has 0 saturated carbocycles. The summed E-state index contributed by atoms with van der Waals surface area (Å²) in [7, 11) is 3.23. The molecule has 0 aliphatic carbocycles. The number of benzene rings is 1. The Balaban J connectivity index is 1.87. The first-order valence-corrected chi connectivity index (χ1v) is 9.74. The van der Waals surface area contributed by atoms with Crippen LogP contribution in [-0.4, -0.2) is 49.5 Å². The highest BCUT2D eigenvalue weighted by atomic mass is 19.3. The molecule has 0 aliphatic rings. The average Bonchev–Trinajstić information content (AvgIpc) is 3.23. The Morgan fingerprint density at radius 1 is 1.16 bits per heavy atom. The first-order chi connectivity index (χ1) is 15.2. The number of nitrogens with zero attached hydrogens (tertiary/aromatic N) is 6. The SMILES string of the molecule is Cc1nc(N[C@H](C)c2cccc(C(F)F)c2F)c2cc(C(=O)N(C)C)c3ncnn3c2n1. The van der Waals surface area contributed by atoms with E-state index >= 15 is 0 Å². The number of amides is 1. The number of nitrogens with one attached hydrogen (secondary N) is 1. The number of pyridine rings is 1. The molecule has 1 amide bonds. The fourth-order valence-corrected chi connectivity index (χ4v) is 3.51. The summed E-state index contributed by atoms with van der Waals surface area (Å²) in [5, 5.41) is 7.72. The first kappa shape index (κ1) is 21.5. The van der Waals surface area contributed by atoms with E-state index in [0.717, 1.165) is 6.07 Å². The topological polar surface area (TPSA) is 88.3 Å². The Morgan fingerprint density at radius 2 is 1.88 bits per heavy atom. The zero-order valence-corrected chi connectivity index (χ0v) is 17.8. The van der Waals surface area contributed by atoms with Crippen LogP contribution in [0.1, 0.15) is 46.7 Å². The molecule has 0 radical (unpaired) electrons. The summed E-state index contributed by atoms with van der Waals surface area (Å²) < 4.78 is 42.4. The Bertz CT molecular complexity index is 1340. The molecule has 0 spiro atoms. The second-order valence-corrected chi connectivity index (χ2v) is 7.53. The van der Waals surface area contributed by atoms with Gasteiger partial charge < -0.3 is 10.2 Å². The van der Waals surface area contributed by atoms with Gasteiger partial charge in [0.15, 0.2) is 11.3 Å². The van der Waals surface area contributed by atoms with E-state index in [0.29, 0.717) is 28.3 Å². The van der Waals surface area contributed by atoms with Crippen LogP contribution in [0, 0.1) is 12.7 Å². The van der Waals surface area contributed by atoms with Crippen LogP contribution >= 0.6 is 0 Å². The van der Waals surface area contributed by atoms with Crippen LogP contribution in [0.2, 0.25) is 0 Å². The molecule has 1 aromatic carbocycles. The average molecular weight is 443 g/mol. The summed E-state index contributed by atoms with van der Waals surface area (Å²) >= 11 is 0. The molecule has 3 aromatic heterocycles. The molecule has 4 aromatic rings. The predicted octanol–water partition coefficient (Wildman–Crippen LogP) is 3.93. The molecule has 1 atom stereocenters. The zero-order valence-electron chi connectivity index (χ0n) is 17.8. The minimum atomic E-state index is -2.93. The number of rotatable bonds is 5. The second kappa shape index (κ2) is 8.06. The van der Waals surface area contributed by atoms with Gasteiger partial charge in [0.2, 0.25) is 0 Å². The molecule has 0 fully saturated rings. The maximum atomic E-state index is 14.7. The van der Waals surface area contributed by atoms with Crippen LogP contribution in [0.15, 0.2) is 30.6 Å². The van der Waals surface area contributed by atoms with Crippen molar-refractivity contribution < 1.29 is 18.0 Å². The normalized spacial score (nSPS) is 12.5. The lowest BCUT2D eigenvalue weighted by molar-refractivity contribution is 0.0829. The zero-order chi connectivity index (χ0) is 23.2. The van der Waals surface area contributed by atoms with Crippen molar-refractivity contribution in [2.24, 2.45) is 0 Å². The monoisotopic (exact) mass is 443 g/mol. The molecular weight excluding hydrogens is 423 g/mol. The van der Waals surface area contributed by atoms with Crippen molar-refractivity contribution in [3.8, 4) is 0 Å². The molecule has 11 heteroatoms. The minimum Gasteiger partial charge on any atom is -0.363 e. The fraction of sp³-hybridized carbons (Fsp3) is 0.286. The van der Waals surface area contributed by atoms with E-state index in [1.165, 1.54) is 27.9 Å². The minimum absolute atomic E-state index is 0.0682. The van der Waals surface area contributed by atoms with Crippen LogP contribution in [0.5, 0.6) is 0 Å². The van der Waals surface area contributed by atoms with Gasteiger partial charge in [-0.05, 0) is 19.9 Å². The van der Waals surface area contributed by atoms with Crippen molar-refractivity contribution in [3.05, 3.63) is 58.9 Å². The summed E-state index contributed by atoms with van der Waals surface area (Å²) in [5.41, 5.74) is 0.427. The van der Waals surface area contributed by atoms with Crippen molar-refractivity contribution in [3.63, 3.8) is 0 Å². The molecule has 0 aliphatic heterocycles. The number of carbonyl (C=O) groups is 1. The van der Waals surface area contributed by atoms with E-state index in [1.54, 1.807) is 34.0 Å². The standard InChI is InChI=1S/C21H20F3N7O/c1-10(12-6-5-7-13(16(12)22)17(23)24)27-18-14-8-15(21(32)30(3)4)19-25-9-26-31(19)20(14)29-11(2)28-18/h5-10,17H,1-4H3,(H,27,28,29)/t10-/m1/s1. The van der Waals surface area contributed by atoms with E-state index in [4.69, 9.17) is 0 Å². The number of carbonyl (C=O) groups excluding carboxylic acids is 1. The largest absolute Gasteiger partial charge is 0.363 e. The molecule has 32 heavy (non-hydrogen) atoms. The molecular formula is C21H20F3N7O. The maximum absolute atomic E-state index is 14.7. The first-order valence-electron chi connectivity index (χ1n) is 9.74. The number of aryl methyl sites for hydroxylation is 1. The number of alkyl halides is 2. The van der Waals surface area contributed by atoms with Crippen molar-refractivity contribution in [2.75, 3.05) is 19.4 Å². The van der Waals surface area contributed by atoms with Crippen LogP contribution in [0.4, 0.5) is 19.0 Å². The van der Waals surface area contributed by atoms with E-state index in [-0.39, 0.29) is 17.0 Å². The number of halogens is 3. The van der Waals surface area contributed by atoms with Gasteiger partial charge in [-0.1, -0.05) is 18.2 Å². The highest BCUT2D eigenvalue weighted by Crippen LogP contribution is 2.31. The molecule has 3 heterocycles. The number of fused-ring (bicyclic) bond motifs is 3. The number of anilines is 1. The molecule has 0 unspecified atom stereocenters. The Hall–Kier alpha value is -3.76.